The van der Waals surface area contributed by atoms with Crippen LogP contribution < -0.4 is 5.73 Å². The summed E-state index contributed by atoms with van der Waals surface area (Å²) < 4.78 is 0. The Bertz CT molecular complexity index is 589. The zero-order valence-electron chi connectivity index (χ0n) is 13.0. The summed E-state index contributed by atoms with van der Waals surface area (Å²) in [5, 5.41) is 10.8. The van der Waals surface area contributed by atoms with Gasteiger partial charge in [-0.2, -0.15) is 0 Å². The summed E-state index contributed by atoms with van der Waals surface area (Å²) in [5.74, 6) is -0.0898. The van der Waals surface area contributed by atoms with E-state index in [1.54, 1.807) is 17.9 Å². The number of nitrogens with zero attached hydrogens (tertiary/aromatic N) is 2. The van der Waals surface area contributed by atoms with Gasteiger partial charge in [-0.25, -0.2) is 0 Å². The number of piperidine rings is 1. The number of aryl methyl sites for hydroxylation is 1. The number of likely N-dealkylation sites (tertiary alicyclic amines) is 1. The molecule has 1 amide bonds. The van der Waals surface area contributed by atoms with Crippen LogP contribution in [0.15, 0.2) is 18.2 Å². The van der Waals surface area contributed by atoms with Crippen molar-refractivity contribution < 1.29 is 9.72 Å². The van der Waals surface area contributed by atoms with Crippen molar-refractivity contribution in [1.29, 1.82) is 0 Å². The molecule has 1 heterocycles. The van der Waals surface area contributed by atoms with Gasteiger partial charge in [-0.3, -0.25) is 14.9 Å². The number of nitrogens with two attached hydrogens (primary N) is 1. The summed E-state index contributed by atoms with van der Waals surface area (Å²) in [7, 11) is 0. The first-order valence-electron chi connectivity index (χ1n) is 7.02. The molecule has 2 rings (SSSR count). The third-order valence-corrected chi connectivity index (χ3v) is 4.24. The molecule has 122 valence electrons. The van der Waals surface area contributed by atoms with Gasteiger partial charge in [-0.1, -0.05) is 13.8 Å². The number of hydrogen-bond donors (Lipinski definition) is 1. The largest absolute Gasteiger partial charge is 0.338 e. The van der Waals surface area contributed by atoms with Gasteiger partial charge in [0.1, 0.15) is 0 Å². The van der Waals surface area contributed by atoms with E-state index in [0.717, 1.165) is 6.42 Å². The van der Waals surface area contributed by atoms with Gasteiger partial charge >= 0.3 is 0 Å². The van der Waals surface area contributed by atoms with Crippen LogP contribution in [0.1, 0.15) is 36.2 Å². The van der Waals surface area contributed by atoms with Crippen molar-refractivity contribution in [2.24, 2.45) is 11.1 Å². The van der Waals surface area contributed by atoms with Crippen molar-refractivity contribution in [2.45, 2.75) is 33.2 Å². The van der Waals surface area contributed by atoms with Gasteiger partial charge in [0.25, 0.3) is 11.6 Å². The lowest BCUT2D eigenvalue weighted by Gasteiger charge is -2.42. The van der Waals surface area contributed by atoms with E-state index in [4.69, 9.17) is 5.73 Å². The summed E-state index contributed by atoms with van der Waals surface area (Å²) >= 11 is 0. The molecule has 1 aliphatic heterocycles. The number of carbonyl (C=O) groups excluding carboxylic acids is 1. The minimum absolute atomic E-state index is 0. The van der Waals surface area contributed by atoms with Crippen LogP contribution in [0.4, 0.5) is 5.69 Å². The van der Waals surface area contributed by atoms with Crippen LogP contribution in [0.3, 0.4) is 0 Å². The fourth-order valence-electron chi connectivity index (χ4n) is 2.72. The molecule has 1 unspecified atom stereocenters. The molecule has 1 fully saturated rings. The highest BCUT2D eigenvalue weighted by Gasteiger charge is 2.35. The van der Waals surface area contributed by atoms with E-state index < -0.39 is 4.92 Å². The molecular formula is C15H22ClN3O3. The fourth-order valence-corrected chi connectivity index (χ4v) is 2.72. The Kier molecular flexibility index (Phi) is 5.54. The SMILES string of the molecule is Cc1cc(C(=O)N2CCC(N)C(C)(C)C2)ccc1[N+](=O)[O-].Cl. The Morgan fingerprint density at radius 3 is 2.59 bits per heavy atom. The summed E-state index contributed by atoms with van der Waals surface area (Å²) in [6.45, 7) is 6.98. The number of carbonyl (C=O) groups is 1. The number of hydrogen-bond acceptors (Lipinski definition) is 4. The van der Waals surface area contributed by atoms with Crippen LogP contribution in [-0.4, -0.2) is 34.9 Å². The molecule has 1 aliphatic rings. The van der Waals surface area contributed by atoms with Crippen molar-refractivity contribution >= 4 is 24.0 Å². The van der Waals surface area contributed by atoms with E-state index in [0.29, 0.717) is 24.2 Å². The predicted octanol–water partition coefficient (Wildman–Crippen LogP) is 2.52. The van der Waals surface area contributed by atoms with Gasteiger partial charge in [-0.15, -0.1) is 12.4 Å². The van der Waals surface area contributed by atoms with Crippen molar-refractivity contribution in [2.75, 3.05) is 13.1 Å². The van der Waals surface area contributed by atoms with E-state index in [1.165, 1.54) is 12.1 Å². The minimum atomic E-state index is -0.438. The molecule has 1 aromatic rings. The normalized spacial score (nSPS) is 20.2. The number of halogens is 1. The monoisotopic (exact) mass is 327 g/mol. The second-order valence-electron chi connectivity index (χ2n) is 6.37. The molecule has 0 saturated carbocycles. The maximum absolute atomic E-state index is 12.5. The van der Waals surface area contributed by atoms with E-state index >= 15 is 0 Å². The van der Waals surface area contributed by atoms with Gasteiger partial charge in [0.2, 0.25) is 0 Å². The fraction of sp³-hybridized carbons (Fsp3) is 0.533. The Balaban J connectivity index is 0.00000242. The minimum Gasteiger partial charge on any atom is -0.338 e. The number of benzene rings is 1. The molecule has 1 aromatic carbocycles. The van der Waals surface area contributed by atoms with Crippen LogP contribution in [0.2, 0.25) is 0 Å². The van der Waals surface area contributed by atoms with E-state index in [-0.39, 0.29) is 35.5 Å². The van der Waals surface area contributed by atoms with E-state index in [1.807, 2.05) is 0 Å². The molecule has 0 bridgehead atoms. The molecule has 22 heavy (non-hydrogen) atoms. The lowest BCUT2D eigenvalue weighted by molar-refractivity contribution is -0.385. The van der Waals surface area contributed by atoms with E-state index in [9.17, 15) is 14.9 Å². The first kappa shape index (κ1) is 18.4. The van der Waals surface area contributed by atoms with Crippen LogP contribution in [0, 0.1) is 22.5 Å². The van der Waals surface area contributed by atoms with Gasteiger partial charge in [-0.05, 0) is 30.9 Å². The average Bonchev–Trinajstić information content (AvgIpc) is 2.40. The Morgan fingerprint density at radius 1 is 1.45 bits per heavy atom. The molecule has 6 nitrogen and oxygen atoms in total. The Labute approximate surface area is 136 Å². The van der Waals surface area contributed by atoms with Crippen molar-refractivity contribution in [3.05, 3.63) is 39.4 Å². The molecule has 0 aliphatic carbocycles. The van der Waals surface area contributed by atoms with Crippen LogP contribution >= 0.6 is 12.4 Å². The third kappa shape index (κ3) is 3.56. The maximum atomic E-state index is 12.5. The topological polar surface area (TPSA) is 89.5 Å². The summed E-state index contributed by atoms with van der Waals surface area (Å²) in [5.41, 5.74) is 6.98. The lowest BCUT2D eigenvalue weighted by atomic mass is 9.79. The summed E-state index contributed by atoms with van der Waals surface area (Å²) in [4.78, 5) is 24.7. The molecule has 0 radical (unpaired) electrons. The Morgan fingerprint density at radius 2 is 2.09 bits per heavy atom. The van der Waals surface area contributed by atoms with Crippen molar-refractivity contribution in [3.63, 3.8) is 0 Å². The number of nitro benzene ring substituents is 1. The smallest absolute Gasteiger partial charge is 0.272 e. The zero-order valence-corrected chi connectivity index (χ0v) is 13.9. The quantitative estimate of drug-likeness (QED) is 0.667. The van der Waals surface area contributed by atoms with Crippen molar-refractivity contribution in [3.8, 4) is 0 Å². The van der Waals surface area contributed by atoms with Gasteiger partial charge in [0.15, 0.2) is 0 Å². The lowest BCUT2D eigenvalue weighted by Crippen LogP contribution is -2.54. The number of nitro groups is 1. The highest BCUT2D eigenvalue weighted by atomic mass is 35.5. The second-order valence-corrected chi connectivity index (χ2v) is 6.37. The van der Waals surface area contributed by atoms with Gasteiger partial charge in [0.05, 0.1) is 4.92 Å². The van der Waals surface area contributed by atoms with Crippen molar-refractivity contribution in [1.82, 2.24) is 4.90 Å². The first-order chi connectivity index (χ1) is 9.72. The first-order valence-corrected chi connectivity index (χ1v) is 7.02. The van der Waals surface area contributed by atoms with E-state index in [2.05, 4.69) is 13.8 Å². The zero-order chi connectivity index (χ0) is 15.8. The second kappa shape index (κ2) is 6.62. The van der Waals surface area contributed by atoms with Gasteiger partial charge in [0, 0.05) is 36.3 Å². The molecule has 7 heteroatoms. The maximum Gasteiger partial charge on any atom is 0.272 e. The molecule has 0 aromatic heterocycles. The Hall–Kier alpha value is -1.66. The number of amides is 1. The predicted molar refractivity (Wildman–Crippen MR) is 87.4 cm³/mol. The third-order valence-electron chi connectivity index (χ3n) is 4.24. The van der Waals surface area contributed by atoms with Crippen LogP contribution in [0.5, 0.6) is 0 Å². The molecular weight excluding hydrogens is 306 g/mol. The molecule has 2 N–H and O–H groups in total. The summed E-state index contributed by atoms with van der Waals surface area (Å²) in [6, 6.07) is 4.58. The number of rotatable bonds is 2. The van der Waals surface area contributed by atoms with Crippen LogP contribution in [-0.2, 0) is 0 Å². The molecule has 0 spiro atoms. The van der Waals surface area contributed by atoms with Crippen LogP contribution in [0.25, 0.3) is 0 Å². The average molecular weight is 328 g/mol. The highest BCUT2D eigenvalue weighted by Crippen LogP contribution is 2.29. The molecule has 1 atom stereocenters. The standard InChI is InChI=1S/C15H21N3O3.ClH/c1-10-8-11(4-5-12(10)18(20)21)14(19)17-7-6-13(16)15(2,3)9-17;/h4-5,8,13H,6-7,9,16H2,1-3H3;1H. The summed E-state index contributed by atoms with van der Waals surface area (Å²) in [6.07, 6.45) is 0.769. The molecule has 1 saturated heterocycles. The highest BCUT2D eigenvalue weighted by molar-refractivity contribution is 5.94. The van der Waals surface area contributed by atoms with Gasteiger partial charge < -0.3 is 10.6 Å².